The molecule has 3 rings (SSSR count). The van der Waals surface area contributed by atoms with E-state index in [0.717, 1.165) is 31.2 Å². The molecule has 0 aromatic heterocycles. The van der Waals surface area contributed by atoms with Crippen LogP contribution in [0.25, 0.3) is 5.76 Å². The summed E-state index contributed by atoms with van der Waals surface area (Å²) >= 11 is 0. The largest absolute Gasteiger partial charge is 0.507 e. The lowest BCUT2D eigenvalue weighted by molar-refractivity contribution is -0.139. The molecule has 1 saturated heterocycles. The normalized spacial score (nSPS) is 17.4. The van der Waals surface area contributed by atoms with Crippen molar-refractivity contribution in [2.75, 3.05) is 13.2 Å². The first-order valence-corrected chi connectivity index (χ1v) is 12.2. The number of hydrogen-bond donors (Lipinski definition) is 1. The van der Waals surface area contributed by atoms with Crippen LogP contribution < -0.4 is 9.47 Å². The average molecular weight is 466 g/mol. The molecule has 1 atom stereocenters. The van der Waals surface area contributed by atoms with E-state index in [9.17, 15) is 14.7 Å². The molecule has 1 heterocycles. The fraction of sp³-hybridized carbons (Fsp3) is 0.429. The van der Waals surface area contributed by atoms with Gasteiger partial charge in [-0.2, -0.15) is 0 Å². The number of aliphatic hydroxyl groups excluding tert-OH is 1. The number of rotatable bonds is 11. The van der Waals surface area contributed by atoms with Crippen LogP contribution in [0, 0.1) is 0 Å². The lowest BCUT2D eigenvalue weighted by atomic mass is 9.95. The maximum Gasteiger partial charge on any atom is 0.295 e. The number of hydrogen-bond acceptors (Lipinski definition) is 5. The Morgan fingerprint density at radius 1 is 1.00 bits per heavy atom. The van der Waals surface area contributed by atoms with Gasteiger partial charge in [-0.3, -0.25) is 9.59 Å². The molecule has 1 fully saturated rings. The summed E-state index contributed by atoms with van der Waals surface area (Å²) in [6.45, 7) is 9.01. The first-order valence-electron chi connectivity index (χ1n) is 12.2. The maximum absolute atomic E-state index is 13.2. The van der Waals surface area contributed by atoms with Crippen LogP contribution in [0.2, 0.25) is 0 Å². The number of ether oxygens (including phenoxy) is 2. The van der Waals surface area contributed by atoms with E-state index in [1.807, 2.05) is 45.0 Å². The van der Waals surface area contributed by atoms with Gasteiger partial charge in [-0.1, -0.05) is 51.0 Å². The van der Waals surface area contributed by atoms with Crippen LogP contribution in [0.5, 0.6) is 11.5 Å². The molecule has 2 aromatic carbocycles. The van der Waals surface area contributed by atoms with Gasteiger partial charge < -0.3 is 19.5 Å². The second kappa shape index (κ2) is 11.7. The first-order chi connectivity index (χ1) is 16.4. The van der Waals surface area contributed by atoms with Gasteiger partial charge in [0.25, 0.3) is 11.7 Å². The second-order valence-corrected chi connectivity index (χ2v) is 8.81. The van der Waals surface area contributed by atoms with Gasteiger partial charge in [0.15, 0.2) is 0 Å². The predicted molar refractivity (Wildman–Crippen MR) is 133 cm³/mol. The lowest BCUT2D eigenvalue weighted by Crippen LogP contribution is -2.30. The summed E-state index contributed by atoms with van der Waals surface area (Å²) in [7, 11) is 0. The van der Waals surface area contributed by atoms with Gasteiger partial charge in [-0.25, -0.2) is 0 Å². The van der Waals surface area contributed by atoms with Crippen molar-refractivity contribution in [3.05, 3.63) is 65.2 Å². The fourth-order valence-corrected chi connectivity index (χ4v) is 4.10. The molecule has 1 aliphatic heterocycles. The minimum absolute atomic E-state index is 0.0349. The van der Waals surface area contributed by atoms with Gasteiger partial charge in [-0.05, 0) is 56.5 Å². The van der Waals surface area contributed by atoms with E-state index in [-0.39, 0.29) is 17.4 Å². The molecule has 0 spiro atoms. The number of aliphatic hydroxyl groups is 1. The standard InChI is InChI=1S/C28H35NO5/c1-5-7-8-16-29-25(20-12-14-22(15-13-20)34-19(3)4)24(27(31)28(29)32)26(30)21-10-9-11-23(18-21)33-17-6-2/h9-15,18-19,25,30H,5-8,16-17H2,1-4H3/b26-24-. The zero-order chi connectivity index (χ0) is 24.7. The number of nitrogens with zero attached hydrogens (tertiary/aromatic N) is 1. The summed E-state index contributed by atoms with van der Waals surface area (Å²) in [5.41, 5.74) is 1.31. The smallest absolute Gasteiger partial charge is 0.295 e. The van der Waals surface area contributed by atoms with Crippen LogP contribution in [0.1, 0.15) is 70.5 Å². The van der Waals surface area contributed by atoms with Crippen LogP contribution in [-0.4, -0.2) is 41.0 Å². The summed E-state index contributed by atoms with van der Waals surface area (Å²) in [5.74, 6) is -0.118. The molecule has 6 heteroatoms. The highest BCUT2D eigenvalue weighted by atomic mass is 16.5. The molecule has 182 valence electrons. The van der Waals surface area contributed by atoms with Crippen molar-refractivity contribution in [3.63, 3.8) is 0 Å². The fourth-order valence-electron chi connectivity index (χ4n) is 4.10. The Labute approximate surface area is 202 Å². The molecule has 1 amide bonds. The van der Waals surface area contributed by atoms with Gasteiger partial charge >= 0.3 is 0 Å². The number of benzene rings is 2. The number of amides is 1. The molecule has 1 unspecified atom stereocenters. The molecule has 6 nitrogen and oxygen atoms in total. The van der Waals surface area contributed by atoms with Crippen molar-refractivity contribution in [2.45, 2.75) is 65.5 Å². The summed E-state index contributed by atoms with van der Waals surface area (Å²) < 4.78 is 11.4. The minimum atomic E-state index is -0.665. The summed E-state index contributed by atoms with van der Waals surface area (Å²) in [6.07, 6.45) is 3.63. The van der Waals surface area contributed by atoms with Crippen LogP contribution >= 0.6 is 0 Å². The first kappa shape index (κ1) is 25.3. The van der Waals surface area contributed by atoms with Crippen LogP contribution in [-0.2, 0) is 9.59 Å². The molecular formula is C28H35NO5. The number of carbonyl (C=O) groups is 2. The van der Waals surface area contributed by atoms with Crippen molar-refractivity contribution in [1.82, 2.24) is 4.90 Å². The third-order valence-electron chi connectivity index (χ3n) is 5.69. The van der Waals surface area contributed by atoms with Crippen molar-refractivity contribution < 1.29 is 24.2 Å². The number of likely N-dealkylation sites (tertiary alicyclic amines) is 1. The lowest BCUT2D eigenvalue weighted by Gasteiger charge is -2.25. The van der Waals surface area contributed by atoms with E-state index in [0.29, 0.717) is 30.2 Å². The van der Waals surface area contributed by atoms with Gasteiger partial charge in [0.1, 0.15) is 17.3 Å². The SMILES string of the molecule is CCCCCN1C(=O)C(=O)/C(=C(\O)c2cccc(OCCC)c2)C1c1ccc(OC(C)C)cc1. The van der Waals surface area contributed by atoms with E-state index in [1.54, 1.807) is 29.2 Å². The highest BCUT2D eigenvalue weighted by Crippen LogP contribution is 2.40. The van der Waals surface area contributed by atoms with Gasteiger partial charge in [0.05, 0.1) is 24.3 Å². The Balaban J connectivity index is 2.05. The summed E-state index contributed by atoms with van der Waals surface area (Å²) in [5, 5.41) is 11.3. The molecule has 0 aliphatic carbocycles. The molecular weight excluding hydrogens is 430 g/mol. The number of unbranched alkanes of at least 4 members (excludes halogenated alkanes) is 2. The number of Topliss-reactive ketones (excluding diaryl/α,β-unsaturated/α-hetero) is 1. The molecule has 1 aliphatic rings. The van der Waals surface area contributed by atoms with Crippen LogP contribution in [0.15, 0.2) is 54.1 Å². The highest BCUT2D eigenvalue weighted by molar-refractivity contribution is 6.46. The molecule has 1 N–H and O–H groups in total. The third-order valence-corrected chi connectivity index (χ3v) is 5.69. The maximum atomic E-state index is 13.2. The van der Waals surface area contributed by atoms with Crippen molar-refractivity contribution in [1.29, 1.82) is 0 Å². The monoisotopic (exact) mass is 465 g/mol. The Hall–Kier alpha value is -3.28. The number of ketones is 1. The van der Waals surface area contributed by atoms with E-state index in [4.69, 9.17) is 9.47 Å². The van der Waals surface area contributed by atoms with E-state index < -0.39 is 17.7 Å². The Kier molecular flexibility index (Phi) is 8.74. The molecule has 2 aromatic rings. The van der Waals surface area contributed by atoms with E-state index in [1.165, 1.54) is 0 Å². The van der Waals surface area contributed by atoms with Crippen molar-refractivity contribution >= 4 is 17.4 Å². The Bertz CT molecular complexity index is 1030. The third kappa shape index (κ3) is 5.79. The quantitative estimate of drug-likeness (QED) is 0.194. The molecule has 0 bridgehead atoms. The van der Waals surface area contributed by atoms with Crippen LogP contribution in [0.4, 0.5) is 0 Å². The van der Waals surface area contributed by atoms with Gasteiger partial charge in [-0.15, -0.1) is 0 Å². The molecule has 0 radical (unpaired) electrons. The van der Waals surface area contributed by atoms with E-state index >= 15 is 0 Å². The van der Waals surface area contributed by atoms with Crippen molar-refractivity contribution in [3.8, 4) is 11.5 Å². The Morgan fingerprint density at radius 2 is 1.74 bits per heavy atom. The van der Waals surface area contributed by atoms with Gasteiger partial charge in [0.2, 0.25) is 0 Å². The van der Waals surface area contributed by atoms with Crippen LogP contribution in [0.3, 0.4) is 0 Å². The zero-order valence-electron chi connectivity index (χ0n) is 20.5. The molecule has 0 saturated carbocycles. The highest BCUT2D eigenvalue weighted by Gasteiger charge is 2.45. The average Bonchev–Trinajstić information content (AvgIpc) is 3.08. The summed E-state index contributed by atoms with van der Waals surface area (Å²) in [6, 6.07) is 13.7. The number of carbonyl (C=O) groups excluding carboxylic acids is 2. The Morgan fingerprint density at radius 3 is 2.38 bits per heavy atom. The van der Waals surface area contributed by atoms with Gasteiger partial charge in [0, 0.05) is 12.1 Å². The predicted octanol–water partition coefficient (Wildman–Crippen LogP) is 5.87. The molecule has 34 heavy (non-hydrogen) atoms. The second-order valence-electron chi connectivity index (χ2n) is 8.81. The zero-order valence-corrected chi connectivity index (χ0v) is 20.5. The summed E-state index contributed by atoms with van der Waals surface area (Å²) in [4.78, 5) is 27.8. The van der Waals surface area contributed by atoms with E-state index in [2.05, 4.69) is 6.92 Å². The van der Waals surface area contributed by atoms with Crippen molar-refractivity contribution in [2.24, 2.45) is 0 Å². The minimum Gasteiger partial charge on any atom is -0.507 e. The topological polar surface area (TPSA) is 76.1 Å².